The molecule has 0 bridgehead atoms. The summed E-state index contributed by atoms with van der Waals surface area (Å²) in [5.41, 5.74) is 1.23. The molecule has 0 radical (unpaired) electrons. The van der Waals surface area contributed by atoms with Gasteiger partial charge in [0.1, 0.15) is 0 Å². The van der Waals surface area contributed by atoms with Crippen molar-refractivity contribution in [1.29, 1.82) is 0 Å². The predicted molar refractivity (Wildman–Crippen MR) is 77.4 cm³/mol. The highest BCUT2D eigenvalue weighted by atomic mass is 32.1. The van der Waals surface area contributed by atoms with Gasteiger partial charge >= 0.3 is 0 Å². The van der Waals surface area contributed by atoms with Crippen LogP contribution in [0.1, 0.15) is 10.7 Å². The van der Waals surface area contributed by atoms with Gasteiger partial charge in [0.15, 0.2) is 0 Å². The Balaban J connectivity index is 1.51. The third-order valence-corrected chi connectivity index (χ3v) is 4.25. The molecule has 0 aliphatic carbocycles. The quantitative estimate of drug-likeness (QED) is 0.775. The molecule has 0 amide bonds. The van der Waals surface area contributed by atoms with Crippen molar-refractivity contribution in [3.8, 4) is 0 Å². The molecule has 1 fully saturated rings. The summed E-state index contributed by atoms with van der Waals surface area (Å²) in [6.07, 6.45) is 1.05. The van der Waals surface area contributed by atoms with Gasteiger partial charge in [0.05, 0.1) is 10.7 Å². The summed E-state index contributed by atoms with van der Waals surface area (Å²) in [5.74, 6) is 0. The maximum absolute atomic E-state index is 4.47. The van der Waals surface area contributed by atoms with E-state index < -0.39 is 0 Å². The van der Waals surface area contributed by atoms with Gasteiger partial charge in [-0.15, -0.1) is 11.3 Å². The number of piperazine rings is 1. The molecule has 2 rings (SSSR count). The number of hydrogen-bond donors (Lipinski definition) is 1. The summed E-state index contributed by atoms with van der Waals surface area (Å²) in [7, 11) is 2.20. The molecule has 4 nitrogen and oxygen atoms in total. The molecule has 0 unspecified atom stereocenters. The van der Waals surface area contributed by atoms with Crippen molar-refractivity contribution in [2.24, 2.45) is 0 Å². The fourth-order valence-corrected chi connectivity index (χ4v) is 2.82. The van der Waals surface area contributed by atoms with Crippen molar-refractivity contribution < 1.29 is 0 Å². The van der Waals surface area contributed by atoms with Crippen LogP contribution in [0.15, 0.2) is 5.38 Å². The molecule has 2 heterocycles. The number of rotatable bonds is 6. The molecule has 0 saturated carbocycles. The second-order valence-corrected chi connectivity index (χ2v) is 6.07. The first-order valence-electron chi connectivity index (χ1n) is 6.76. The molecule has 1 aliphatic rings. The second-order valence-electron chi connectivity index (χ2n) is 5.00. The fraction of sp³-hybridized carbons (Fsp3) is 0.769. The van der Waals surface area contributed by atoms with Crippen molar-refractivity contribution in [3.63, 3.8) is 0 Å². The lowest BCUT2D eigenvalue weighted by molar-refractivity contribution is 0.155. The van der Waals surface area contributed by atoms with Gasteiger partial charge in [-0.1, -0.05) is 0 Å². The van der Waals surface area contributed by atoms with Crippen LogP contribution in [0.3, 0.4) is 0 Å². The Morgan fingerprint density at radius 1 is 1.28 bits per heavy atom. The van der Waals surface area contributed by atoms with Crippen LogP contribution < -0.4 is 5.32 Å². The second kappa shape index (κ2) is 7.19. The van der Waals surface area contributed by atoms with E-state index in [0.717, 1.165) is 19.5 Å². The molecule has 1 aromatic heterocycles. The normalized spacial score (nSPS) is 18.3. The lowest BCUT2D eigenvalue weighted by Gasteiger charge is -2.32. The molecule has 102 valence electrons. The summed E-state index contributed by atoms with van der Waals surface area (Å²) in [6.45, 7) is 10.2. The Hall–Kier alpha value is -0.490. The number of likely N-dealkylation sites (N-methyl/N-ethyl adjacent to an activating group) is 1. The molecule has 1 aliphatic heterocycles. The molecule has 1 saturated heterocycles. The smallest absolute Gasteiger partial charge is 0.0897 e. The molecule has 5 heteroatoms. The minimum atomic E-state index is 1.04. The van der Waals surface area contributed by atoms with E-state index in [4.69, 9.17) is 0 Å². The van der Waals surface area contributed by atoms with Gasteiger partial charge in [-0.3, -0.25) is 4.90 Å². The molecule has 18 heavy (non-hydrogen) atoms. The largest absolute Gasteiger partial charge is 0.315 e. The molecular formula is C13H24N4S. The van der Waals surface area contributed by atoms with Gasteiger partial charge in [0, 0.05) is 57.6 Å². The maximum atomic E-state index is 4.47. The van der Waals surface area contributed by atoms with Gasteiger partial charge in [-0.25, -0.2) is 4.98 Å². The summed E-state index contributed by atoms with van der Waals surface area (Å²) in [5, 5.41) is 6.84. The monoisotopic (exact) mass is 268 g/mol. The zero-order chi connectivity index (χ0) is 12.8. The minimum Gasteiger partial charge on any atom is -0.315 e. The number of hydrogen-bond acceptors (Lipinski definition) is 5. The number of aryl methyl sites for hydroxylation is 1. The van der Waals surface area contributed by atoms with Crippen molar-refractivity contribution >= 4 is 11.3 Å². The summed E-state index contributed by atoms with van der Waals surface area (Å²) >= 11 is 1.74. The van der Waals surface area contributed by atoms with Gasteiger partial charge in [-0.2, -0.15) is 0 Å². The van der Waals surface area contributed by atoms with Crippen LogP contribution in [0, 0.1) is 6.92 Å². The van der Waals surface area contributed by atoms with Gasteiger partial charge in [0.25, 0.3) is 0 Å². The minimum absolute atomic E-state index is 1.04. The fourth-order valence-electron chi connectivity index (χ4n) is 2.17. The van der Waals surface area contributed by atoms with Crippen molar-refractivity contribution in [2.75, 3.05) is 52.9 Å². The zero-order valence-electron chi connectivity index (χ0n) is 11.5. The van der Waals surface area contributed by atoms with Crippen LogP contribution in [0.5, 0.6) is 0 Å². The first kappa shape index (κ1) is 13.9. The van der Waals surface area contributed by atoms with E-state index in [-0.39, 0.29) is 0 Å². The standard InChI is InChI=1S/C13H24N4S/c1-12-15-13(11-18-12)3-4-14-5-6-17-9-7-16(2)8-10-17/h11,14H,3-10H2,1-2H3. The summed E-state index contributed by atoms with van der Waals surface area (Å²) in [6, 6.07) is 0. The molecule has 0 atom stereocenters. The third kappa shape index (κ3) is 4.65. The van der Waals surface area contributed by atoms with Gasteiger partial charge in [0.2, 0.25) is 0 Å². The van der Waals surface area contributed by atoms with Crippen LogP contribution in [0.25, 0.3) is 0 Å². The van der Waals surface area contributed by atoms with Crippen molar-refractivity contribution in [2.45, 2.75) is 13.3 Å². The van der Waals surface area contributed by atoms with Crippen molar-refractivity contribution in [3.05, 3.63) is 16.1 Å². The molecule has 1 aromatic rings. The first-order chi connectivity index (χ1) is 8.74. The van der Waals surface area contributed by atoms with Crippen LogP contribution in [0.4, 0.5) is 0 Å². The van der Waals surface area contributed by atoms with E-state index in [1.807, 2.05) is 0 Å². The van der Waals surface area contributed by atoms with Gasteiger partial charge in [-0.05, 0) is 14.0 Å². The maximum Gasteiger partial charge on any atom is 0.0897 e. The topological polar surface area (TPSA) is 31.4 Å². The van der Waals surface area contributed by atoms with E-state index in [1.54, 1.807) is 11.3 Å². The number of nitrogens with one attached hydrogen (secondary N) is 1. The Labute approximate surface area is 114 Å². The average molecular weight is 268 g/mol. The highest BCUT2D eigenvalue weighted by Gasteiger charge is 2.12. The number of thiazole rings is 1. The highest BCUT2D eigenvalue weighted by Crippen LogP contribution is 2.07. The Kier molecular flexibility index (Phi) is 5.56. The van der Waals surface area contributed by atoms with E-state index in [0.29, 0.717) is 0 Å². The van der Waals surface area contributed by atoms with Crippen LogP contribution in [-0.2, 0) is 6.42 Å². The van der Waals surface area contributed by atoms with Crippen LogP contribution >= 0.6 is 11.3 Å². The van der Waals surface area contributed by atoms with Crippen LogP contribution in [0.2, 0.25) is 0 Å². The Morgan fingerprint density at radius 3 is 2.72 bits per heavy atom. The Bertz CT molecular complexity index is 345. The zero-order valence-corrected chi connectivity index (χ0v) is 12.3. The van der Waals surface area contributed by atoms with E-state index in [1.165, 1.54) is 43.4 Å². The van der Waals surface area contributed by atoms with E-state index >= 15 is 0 Å². The lowest BCUT2D eigenvalue weighted by Crippen LogP contribution is -2.46. The third-order valence-electron chi connectivity index (χ3n) is 3.43. The molecule has 0 aromatic carbocycles. The Morgan fingerprint density at radius 2 is 2.06 bits per heavy atom. The molecule has 0 spiro atoms. The number of aromatic nitrogens is 1. The first-order valence-corrected chi connectivity index (χ1v) is 7.64. The van der Waals surface area contributed by atoms with Crippen molar-refractivity contribution in [1.82, 2.24) is 20.1 Å². The molecular weight excluding hydrogens is 244 g/mol. The highest BCUT2D eigenvalue weighted by molar-refractivity contribution is 7.09. The van der Waals surface area contributed by atoms with Gasteiger partial charge < -0.3 is 10.2 Å². The predicted octanol–water partition coefficient (Wildman–Crippen LogP) is 0.831. The average Bonchev–Trinajstić information content (AvgIpc) is 2.77. The van der Waals surface area contributed by atoms with E-state index in [9.17, 15) is 0 Å². The van der Waals surface area contributed by atoms with Crippen LogP contribution in [-0.4, -0.2) is 67.6 Å². The van der Waals surface area contributed by atoms with E-state index in [2.05, 4.69) is 39.5 Å². The lowest BCUT2D eigenvalue weighted by atomic mass is 10.3. The number of nitrogens with zero attached hydrogens (tertiary/aromatic N) is 3. The molecule has 1 N–H and O–H groups in total. The SMILES string of the molecule is Cc1nc(CCNCCN2CCN(C)CC2)cs1. The summed E-state index contributed by atoms with van der Waals surface area (Å²) < 4.78 is 0. The summed E-state index contributed by atoms with van der Waals surface area (Å²) in [4.78, 5) is 9.41.